The monoisotopic (exact) mass is 272 g/mol. The Morgan fingerprint density at radius 2 is 2.13 bits per heavy atom. The van der Waals surface area contributed by atoms with Crippen LogP contribution in [-0.2, 0) is 0 Å². The predicted octanol–water partition coefficient (Wildman–Crippen LogP) is 2.52. The molecule has 0 bridgehead atoms. The number of benzene rings is 1. The maximum Gasteiger partial charge on any atom is 0.0488 e. The first-order valence-electron chi connectivity index (χ1n) is 5.05. The van der Waals surface area contributed by atoms with Crippen molar-refractivity contribution in [2.75, 3.05) is 24.2 Å². The summed E-state index contributed by atoms with van der Waals surface area (Å²) in [6.07, 6.45) is 1.80. The van der Waals surface area contributed by atoms with E-state index in [2.05, 4.69) is 21.2 Å². The lowest BCUT2D eigenvalue weighted by atomic mass is 10.2. The molecule has 0 spiro atoms. The van der Waals surface area contributed by atoms with Gasteiger partial charge in [0.25, 0.3) is 0 Å². The highest BCUT2D eigenvalue weighted by Gasteiger charge is 2.02. The number of hydrogen-bond acceptors (Lipinski definition) is 3. The van der Waals surface area contributed by atoms with Gasteiger partial charge in [-0.3, -0.25) is 0 Å². The van der Waals surface area contributed by atoms with Crippen molar-refractivity contribution >= 4 is 27.3 Å². The van der Waals surface area contributed by atoms with E-state index < -0.39 is 0 Å². The molecule has 1 aromatic carbocycles. The SMILES string of the molecule is Cc1cc(NCCCCO)c(Br)cc1N. The predicted molar refractivity (Wildman–Crippen MR) is 68.1 cm³/mol. The Labute approximate surface area is 98.8 Å². The zero-order valence-electron chi connectivity index (χ0n) is 8.89. The van der Waals surface area contributed by atoms with Crippen LogP contribution >= 0.6 is 15.9 Å². The first-order valence-corrected chi connectivity index (χ1v) is 5.85. The molecule has 0 saturated carbocycles. The lowest BCUT2D eigenvalue weighted by Gasteiger charge is -2.10. The van der Waals surface area contributed by atoms with Crippen molar-refractivity contribution in [1.82, 2.24) is 0 Å². The molecule has 4 N–H and O–H groups in total. The molecular formula is C11H17BrN2O. The lowest BCUT2D eigenvalue weighted by molar-refractivity contribution is 0.286. The van der Waals surface area contributed by atoms with Gasteiger partial charge in [0.1, 0.15) is 0 Å². The lowest BCUT2D eigenvalue weighted by Crippen LogP contribution is -2.04. The summed E-state index contributed by atoms with van der Waals surface area (Å²) >= 11 is 3.46. The molecule has 0 amide bonds. The molecule has 0 aliphatic rings. The molecule has 3 nitrogen and oxygen atoms in total. The van der Waals surface area contributed by atoms with Crippen LogP contribution in [0.25, 0.3) is 0 Å². The van der Waals surface area contributed by atoms with Crippen LogP contribution in [0.5, 0.6) is 0 Å². The fraction of sp³-hybridized carbons (Fsp3) is 0.455. The molecule has 1 aromatic rings. The highest BCUT2D eigenvalue weighted by Crippen LogP contribution is 2.27. The molecule has 0 unspecified atom stereocenters. The molecule has 1 rings (SSSR count). The first-order chi connectivity index (χ1) is 7.15. The third kappa shape index (κ3) is 3.72. The maximum atomic E-state index is 8.64. The number of nitrogens with one attached hydrogen (secondary N) is 1. The molecule has 0 radical (unpaired) electrons. The number of nitrogen functional groups attached to an aromatic ring is 1. The number of anilines is 2. The summed E-state index contributed by atoms with van der Waals surface area (Å²) in [5.74, 6) is 0. The molecule has 84 valence electrons. The fourth-order valence-corrected chi connectivity index (χ4v) is 1.79. The van der Waals surface area contributed by atoms with Crippen LogP contribution in [0.3, 0.4) is 0 Å². The molecule has 0 aliphatic carbocycles. The van der Waals surface area contributed by atoms with Gasteiger partial charge in [-0.2, -0.15) is 0 Å². The van der Waals surface area contributed by atoms with E-state index in [1.807, 2.05) is 19.1 Å². The Morgan fingerprint density at radius 1 is 1.40 bits per heavy atom. The van der Waals surface area contributed by atoms with Gasteiger partial charge >= 0.3 is 0 Å². The van der Waals surface area contributed by atoms with Crippen molar-refractivity contribution in [3.63, 3.8) is 0 Å². The van der Waals surface area contributed by atoms with Crippen molar-refractivity contribution < 1.29 is 5.11 Å². The number of aliphatic hydroxyl groups is 1. The summed E-state index contributed by atoms with van der Waals surface area (Å²) in [6.45, 7) is 3.10. The molecule has 15 heavy (non-hydrogen) atoms. The number of aryl methyl sites for hydroxylation is 1. The van der Waals surface area contributed by atoms with Crippen molar-refractivity contribution in [3.05, 3.63) is 22.2 Å². The van der Waals surface area contributed by atoms with Gasteiger partial charge in [0.05, 0.1) is 0 Å². The van der Waals surface area contributed by atoms with Crippen LogP contribution < -0.4 is 11.1 Å². The van der Waals surface area contributed by atoms with E-state index in [1.54, 1.807) is 0 Å². The average Bonchev–Trinajstić information content (AvgIpc) is 2.20. The van der Waals surface area contributed by atoms with E-state index >= 15 is 0 Å². The number of hydrogen-bond donors (Lipinski definition) is 3. The molecule has 4 heteroatoms. The van der Waals surface area contributed by atoms with Gasteiger partial charge in [0.15, 0.2) is 0 Å². The minimum absolute atomic E-state index is 0.254. The van der Waals surface area contributed by atoms with E-state index in [9.17, 15) is 0 Å². The Kier molecular flexibility index (Phi) is 4.91. The van der Waals surface area contributed by atoms with Gasteiger partial charge in [-0.05, 0) is 53.4 Å². The molecule has 0 atom stereocenters. The minimum Gasteiger partial charge on any atom is -0.398 e. The van der Waals surface area contributed by atoms with E-state index in [4.69, 9.17) is 10.8 Å². The zero-order valence-corrected chi connectivity index (χ0v) is 10.5. The third-order valence-electron chi connectivity index (χ3n) is 2.26. The second-order valence-electron chi connectivity index (χ2n) is 3.55. The van der Waals surface area contributed by atoms with Gasteiger partial charge in [0, 0.05) is 29.0 Å². The van der Waals surface area contributed by atoms with Gasteiger partial charge in [-0.1, -0.05) is 0 Å². The van der Waals surface area contributed by atoms with Gasteiger partial charge in [-0.15, -0.1) is 0 Å². The molecule has 0 fully saturated rings. The van der Waals surface area contributed by atoms with Crippen molar-refractivity contribution in [1.29, 1.82) is 0 Å². The summed E-state index contributed by atoms with van der Waals surface area (Å²) in [6, 6.07) is 3.93. The van der Waals surface area contributed by atoms with E-state index in [1.165, 1.54) is 0 Å². The van der Waals surface area contributed by atoms with Gasteiger partial charge < -0.3 is 16.2 Å². The smallest absolute Gasteiger partial charge is 0.0488 e. The van der Waals surface area contributed by atoms with Crippen LogP contribution in [0.2, 0.25) is 0 Å². The average molecular weight is 273 g/mol. The second-order valence-corrected chi connectivity index (χ2v) is 4.40. The Balaban J connectivity index is 2.57. The molecule has 0 heterocycles. The standard InChI is InChI=1S/C11H17BrN2O/c1-8-6-11(9(12)7-10(8)13)14-4-2-3-5-15/h6-7,14-15H,2-5,13H2,1H3. The number of aliphatic hydroxyl groups excluding tert-OH is 1. The highest BCUT2D eigenvalue weighted by atomic mass is 79.9. The topological polar surface area (TPSA) is 58.3 Å². The Hall–Kier alpha value is -0.740. The zero-order chi connectivity index (χ0) is 11.3. The van der Waals surface area contributed by atoms with Crippen molar-refractivity contribution in [2.45, 2.75) is 19.8 Å². The molecular weight excluding hydrogens is 256 g/mol. The van der Waals surface area contributed by atoms with E-state index in [0.29, 0.717) is 0 Å². The number of rotatable bonds is 5. The van der Waals surface area contributed by atoms with Crippen LogP contribution in [0.4, 0.5) is 11.4 Å². The Morgan fingerprint density at radius 3 is 2.80 bits per heavy atom. The van der Waals surface area contributed by atoms with Crippen LogP contribution in [-0.4, -0.2) is 18.3 Å². The summed E-state index contributed by atoms with van der Waals surface area (Å²) in [4.78, 5) is 0. The van der Waals surface area contributed by atoms with Crippen LogP contribution in [0.15, 0.2) is 16.6 Å². The van der Waals surface area contributed by atoms with Crippen LogP contribution in [0.1, 0.15) is 18.4 Å². The second kappa shape index (κ2) is 5.98. The summed E-state index contributed by atoms with van der Waals surface area (Å²) in [5.41, 5.74) is 8.70. The molecule has 0 aromatic heterocycles. The summed E-state index contributed by atoms with van der Waals surface area (Å²) in [7, 11) is 0. The van der Waals surface area contributed by atoms with Gasteiger partial charge in [-0.25, -0.2) is 0 Å². The quantitative estimate of drug-likeness (QED) is 0.570. The maximum absolute atomic E-state index is 8.64. The highest BCUT2D eigenvalue weighted by molar-refractivity contribution is 9.10. The first kappa shape index (κ1) is 12.3. The van der Waals surface area contributed by atoms with E-state index in [0.717, 1.165) is 40.8 Å². The number of nitrogens with two attached hydrogens (primary N) is 1. The number of unbranched alkanes of at least 4 members (excludes halogenated alkanes) is 1. The number of halogens is 1. The normalized spacial score (nSPS) is 10.3. The van der Waals surface area contributed by atoms with Crippen LogP contribution in [0, 0.1) is 6.92 Å². The fourth-order valence-electron chi connectivity index (χ4n) is 1.29. The molecule has 0 aliphatic heterocycles. The minimum atomic E-state index is 0.254. The summed E-state index contributed by atoms with van der Waals surface area (Å²) in [5, 5.41) is 11.9. The van der Waals surface area contributed by atoms with E-state index in [-0.39, 0.29) is 6.61 Å². The largest absolute Gasteiger partial charge is 0.398 e. The van der Waals surface area contributed by atoms with Gasteiger partial charge in [0.2, 0.25) is 0 Å². The Bertz CT molecular complexity index is 329. The summed E-state index contributed by atoms with van der Waals surface area (Å²) < 4.78 is 0.981. The third-order valence-corrected chi connectivity index (χ3v) is 2.91. The molecule has 0 saturated heterocycles. The van der Waals surface area contributed by atoms with Crippen molar-refractivity contribution in [3.8, 4) is 0 Å². The van der Waals surface area contributed by atoms with Crippen molar-refractivity contribution in [2.24, 2.45) is 0 Å².